The molecule has 0 saturated heterocycles. The van der Waals surface area contributed by atoms with Crippen LogP contribution in [0.1, 0.15) is 50.4 Å². The highest BCUT2D eigenvalue weighted by Crippen LogP contribution is 2.24. The molecule has 0 aliphatic heterocycles. The van der Waals surface area contributed by atoms with Crippen LogP contribution in [0.4, 0.5) is 5.69 Å². The molecule has 1 aliphatic rings. The monoisotopic (exact) mass is 418 g/mol. The molecule has 0 bridgehead atoms. The van der Waals surface area contributed by atoms with Gasteiger partial charge in [0.25, 0.3) is 0 Å². The predicted octanol–water partition coefficient (Wildman–Crippen LogP) is 4.43. The molecule has 2 amide bonds. The van der Waals surface area contributed by atoms with Crippen molar-refractivity contribution in [1.82, 2.24) is 14.9 Å². The fraction of sp³-hybridized carbons (Fsp3) is 0.400. The zero-order valence-corrected chi connectivity index (χ0v) is 18.1. The van der Waals surface area contributed by atoms with Crippen LogP contribution in [0.15, 0.2) is 48.5 Å². The molecule has 162 valence electrons. The number of hydrogen-bond acceptors (Lipinski definition) is 3. The minimum absolute atomic E-state index is 0.0961. The maximum Gasteiger partial charge on any atom is 0.244 e. The van der Waals surface area contributed by atoms with E-state index in [9.17, 15) is 9.59 Å². The van der Waals surface area contributed by atoms with Gasteiger partial charge in [0, 0.05) is 11.6 Å². The number of aromatic nitrogens is 2. The van der Waals surface area contributed by atoms with Crippen molar-refractivity contribution in [2.45, 2.75) is 58.5 Å². The first-order valence-corrected chi connectivity index (χ1v) is 11.2. The average molecular weight is 419 g/mol. The van der Waals surface area contributed by atoms with Crippen LogP contribution in [0.5, 0.6) is 0 Å². The van der Waals surface area contributed by atoms with Crippen LogP contribution < -0.4 is 10.6 Å². The van der Waals surface area contributed by atoms with E-state index in [0.29, 0.717) is 12.4 Å². The van der Waals surface area contributed by atoms with E-state index in [1.807, 2.05) is 53.1 Å². The summed E-state index contributed by atoms with van der Waals surface area (Å²) in [6.07, 6.45) is 6.34. The van der Waals surface area contributed by atoms with Gasteiger partial charge in [-0.3, -0.25) is 9.59 Å². The summed E-state index contributed by atoms with van der Waals surface area (Å²) in [5.41, 5.74) is 3.72. The summed E-state index contributed by atoms with van der Waals surface area (Å²) in [6.45, 7) is 2.57. The number of imidazole rings is 1. The van der Waals surface area contributed by atoms with Gasteiger partial charge in [0.1, 0.15) is 12.4 Å². The number of hydrogen-bond donors (Lipinski definition) is 2. The van der Waals surface area contributed by atoms with Crippen LogP contribution in [0, 0.1) is 5.92 Å². The highest BCUT2D eigenvalue weighted by Gasteiger charge is 2.22. The van der Waals surface area contributed by atoms with Crippen molar-refractivity contribution >= 4 is 28.5 Å². The second-order valence-corrected chi connectivity index (χ2v) is 8.25. The molecule has 0 spiro atoms. The molecule has 6 nitrogen and oxygen atoms in total. The normalized spacial score (nSPS) is 14.5. The van der Waals surface area contributed by atoms with Crippen molar-refractivity contribution in [3.05, 3.63) is 59.9 Å². The molecule has 6 heteroatoms. The van der Waals surface area contributed by atoms with Crippen LogP contribution in [0.25, 0.3) is 11.0 Å². The highest BCUT2D eigenvalue weighted by atomic mass is 16.2. The molecule has 0 atom stereocenters. The topological polar surface area (TPSA) is 76.0 Å². The average Bonchev–Trinajstić information content (AvgIpc) is 3.15. The predicted molar refractivity (Wildman–Crippen MR) is 123 cm³/mol. The first kappa shape index (κ1) is 21.1. The Bertz CT molecular complexity index is 1050. The van der Waals surface area contributed by atoms with Gasteiger partial charge in [-0.2, -0.15) is 0 Å². The quantitative estimate of drug-likeness (QED) is 0.596. The van der Waals surface area contributed by atoms with Gasteiger partial charge in [-0.25, -0.2) is 4.98 Å². The van der Waals surface area contributed by atoms with E-state index in [1.165, 1.54) is 12.0 Å². The van der Waals surface area contributed by atoms with E-state index in [4.69, 9.17) is 0 Å². The second-order valence-electron chi connectivity index (χ2n) is 8.25. The van der Waals surface area contributed by atoms with Crippen molar-refractivity contribution in [3.63, 3.8) is 0 Å². The maximum absolute atomic E-state index is 12.8. The van der Waals surface area contributed by atoms with E-state index in [-0.39, 0.29) is 24.3 Å². The summed E-state index contributed by atoms with van der Waals surface area (Å²) in [7, 11) is 0. The molecule has 31 heavy (non-hydrogen) atoms. The molecular weight excluding hydrogens is 388 g/mol. The minimum Gasteiger partial charge on any atom is -0.349 e. The lowest BCUT2D eigenvalue weighted by molar-refractivity contribution is -0.126. The molecular formula is C25H30N4O2. The summed E-state index contributed by atoms with van der Waals surface area (Å²) in [4.78, 5) is 30.0. The van der Waals surface area contributed by atoms with Crippen molar-refractivity contribution in [2.75, 3.05) is 5.32 Å². The van der Waals surface area contributed by atoms with Gasteiger partial charge in [0.15, 0.2) is 0 Å². The Labute approximate surface area is 183 Å². The van der Waals surface area contributed by atoms with Gasteiger partial charge < -0.3 is 15.2 Å². The molecule has 2 aromatic carbocycles. The third kappa shape index (κ3) is 5.13. The first-order chi connectivity index (χ1) is 15.1. The first-order valence-electron chi connectivity index (χ1n) is 11.2. The number of aryl methyl sites for hydroxylation is 1. The molecule has 2 N–H and O–H groups in total. The SMILES string of the molecule is CCc1ccc(NC(=O)Cn2c(CNC(=O)C3CCCCC3)nc3ccccc32)cc1. The van der Waals surface area contributed by atoms with Crippen molar-refractivity contribution in [1.29, 1.82) is 0 Å². The van der Waals surface area contributed by atoms with Gasteiger partial charge >= 0.3 is 0 Å². The smallest absolute Gasteiger partial charge is 0.244 e. The molecule has 3 aromatic rings. The minimum atomic E-state index is -0.118. The van der Waals surface area contributed by atoms with Crippen molar-refractivity contribution in [2.24, 2.45) is 5.92 Å². The van der Waals surface area contributed by atoms with Crippen LogP contribution in [0.3, 0.4) is 0 Å². The van der Waals surface area contributed by atoms with E-state index < -0.39 is 0 Å². The Morgan fingerprint density at radius 2 is 1.77 bits per heavy atom. The van der Waals surface area contributed by atoms with Gasteiger partial charge in [-0.05, 0) is 49.1 Å². The summed E-state index contributed by atoms with van der Waals surface area (Å²) in [5.74, 6) is 0.772. The summed E-state index contributed by atoms with van der Waals surface area (Å²) in [6, 6.07) is 15.6. The number of rotatable bonds is 7. The van der Waals surface area contributed by atoms with Crippen LogP contribution in [-0.2, 0) is 29.1 Å². The number of benzene rings is 2. The number of nitrogens with zero attached hydrogens (tertiary/aromatic N) is 2. The standard InChI is InChI=1S/C25H30N4O2/c1-2-18-12-14-20(15-13-18)27-24(30)17-29-22-11-7-6-10-21(22)28-23(29)16-26-25(31)19-8-4-3-5-9-19/h6-7,10-15,19H,2-5,8-9,16-17H2,1H3,(H,26,31)(H,27,30). The number of carbonyl (C=O) groups is 2. The number of anilines is 1. The number of nitrogens with one attached hydrogen (secondary N) is 2. The number of carbonyl (C=O) groups excluding carboxylic acids is 2. The summed E-state index contributed by atoms with van der Waals surface area (Å²) in [5, 5.41) is 6.02. The third-order valence-corrected chi connectivity index (χ3v) is 6.08. The fourth-order valence-electron chi connectivity index (χ4n) is 4.28. The third-order valence-electron chi connectivity index (χ3n) is 6.08. The van der Waals surface area contributed by atoms with E-state index >= 15 is 0 Å². The number of amides is 2. The largest absolute Gasteiger partial charge is 0.349 e. The molecule has 1 aromatic heterocycles. The number of fused-ring (bicyclic) bond motifs is 1. The molecule has 0 radical (unpaired) electrons. The Morgan fingerprint density at radius 3 is 2.52 bits per heavy atom. The Hall–Kier alpha value is -3.15. The molecule has 1 saturated carbocycles. The van der Waals surface area contributed by atoms with Gasteiger partial charge in [0.05, 0.1) is 17.6 Å². The van der Waals surface area contributed by atoms with Crippen molar-refractivity contribution < 1.29 is 9.59 Å². The van der Waals surface area contributed by atoms with Gasteiger partial charge in [-0.15, -0.1) is 0 Å². The second kappa shape index (κ2) is 9.77. The summed E-state index contributed by atoms with van der Waals surface area (Å²) >= 11 is 0. The molecule has 0 unspecified atom stereocenters. The van der Waals surface area contributed by atoms with Crippen LogP contribution in [0.2, 0.25) is 0 Å². The lowest BCUT2D eigenvalue weighted by Crippen LogP contribution is -2.32. The fourth-order valence-corrected chi connectivity index (χ4v) is 4.28. The van der Waals surface area contributed by atoms with Crippen LogP contribution in [-0.4, -0.2) is 21.4 Å². The zero-order chi connectivity index (χ0) is 21.6. The van der Waals surface area contributed by atoms with Gasteiger partial charge in [-0.1, -0.05) is 50.5 Å². The van der Waals surface area contributed by atoms with E-state index in [0.717, 1.165) is 48.8 Å². The van der Waals surface area contributed by atoms with E-state index in [2.05, 4.69) is 22.5 Å². The molecule has 1 fully saturated rings. The lowest BCUT2D eigenvalue weighted by Gasteiger charge is -2.20. The number of para-hydroxylation sites is 2. The Balaban J connectivity index is 1.47. The summed E-state index contributed by atoms with van der Waals surface area (Å²) < 4.78 is 1.90. The zero-order valence-electron chi connectivity index (χ0n) is 18.1. The lowest BCUT2D eigenvalue weighted by atomic mass is 9.89. The van der Waals surface area contributed by atoms with Gasteiger partial charge in [0.2, 0.25) is 11.8 Å². The molecule has 1 heterocycles. The Kier molecular flexibility index (Phi) is 6.65. The van der Waals surface area contributed by atoms with Crippen molar-refractivity contribution in [3.8, 4) is 0 Å². The Morgan fingerprint density at radius 1 is 1.03 bits per heavy atom. The molecule has 4 rings (SSSR count). The van der Waals surface area contributed by atoms with Crippen LogP contribution >= 0.6 is 0 Å². The highest BCUT2D eigenvalue weighted by molar-refractivity contribution is 5.91. The molecule has 1 aliphatic carbocycles. The van der Waals surface area contributed by atoms with E-state index in [1.54, 1.807) is 0 Å². The maximum atomic E-state index is 12.8.